The standard InChI is InChI=1S/C14H18FN3/c1-11-9-12(3-4-14(11)15)10-16-7-5-13-6-8-18(2)17-13/h3-4,6,8-9,16H,5,7,10H2,1-2H3. The predicted octanol–water partition coefficient (Wildman–Crippen LogP) is 2.20. The molecule has 0 amide bonds. The first kappa shape index (κ1) is 12.8. The van der Waals surface area contributed by atoms with Crippen molar-refractivity contribution < 1.29 is 4.39 Å². The van der Waals surface area contributed by atoms with Crippen LogP contribution >= 0.6 is 0 Å². The van der Waals surface area contributed by atoms with E-state index in [9.17, 15) is 4.39 Å². The van der Waals surface area contributed by atoms with Gasteiger partial charge in [-0.05, 0) is 30.2 Å². The summed E-state index contributed by atoms with van der Waals surface area (Å²) in [6, 6.07) is 7.23. The first-order valence-electron chi connectivity index (χ1n) is 6.09. The molecule has 1 aromatic carbocycles. The summed E-state index contributed by atoms with van der Waals surface area (Å²) in [7, 11) is 1.91. The fourth-order valence-corrected chi connectivity index (χ4v) is 1.86. The van der Waals surface area contributed by atoms with Crippen LogP contribution in [0.3, 0.4) is 0 Å². The van der Waals surface area contributed by atoms with Crippen LogP contribution in [-0.2, 0) is 20.0 Å². The van der Waals surface area contributed by atoms with E-state index in [4.69, 9.17) is 0 Å². The average Bonchev–Trinajstić information content (AvgIpc) is 2.75. The van der Waals surface area contributed by atoms with Crippen molar-refractivity contribution in [3.05, 3.63) is 53.1 Å². The van der Waals surface area contributed by atoms with Gasteiger partial charge in [-0.1, -0.05) is 12.1 Å². The lowest BCUT2D eigenvalue weighted by Crippen LogP contribution is -2.17. The molecule has 1 heterocycles. The third-order valence-corrected chi connectivity index (χ3v) is 2.88. The Balaban J connectivity index is 1.76. The quantitative estimate of drug-likeness (QED) is 0.821. The lowest BCUT2D eigenvalue weighted by molar-refractivity contribution is 0.615. The number of aromatic nitrogens is 2. The predicted molar refractivity (Wildman–Crippen MR) is 69.8 cm³/mol. The fraction of sp³-hybridized carbons (Fsp3) is 0.357. The molecule has 2 aromatic rings. The maximum absolute atomic E-state index is 13.1. The normalized spacial score (nSPS) is 10.8. The van der Waals surface area contributed by atoms with E-state index in [1.165, 1.54) is 6.07 Å². The zero-order valence-corrected chi connectivity index (χ0v) is 10.8. The van der Waals surface area contributed by atoms with E-state index >= 15 is 0 Å². The number of halogens is 1. The maximum atomic E-state index is 13.1. The van der Waals surface area contributed by atoms with Crippen molar-refractivity contribution >= 4 is 0 Å². The highest BCUT2D eigenvalue weighted by atomic mass is 19.1. The van der Waals surface area contributed by atoms with Crippen LogP contribution in [0.15, 0.2) is 30.5 Å². The minimum absolute atomic E-state index is 0.146. The third-order valence-electron chi connectivity index (χ3n) is 2.88. The minimum Gasteiger partial charge on any atom is -0.312 e. The van der Waals surface area contributed by atoms with Gasteiger partial charge in [-0.3, -0.25) is 4.68 Å². The van der Waals surface area contributed by atoms with Crippen molar-refractivity contribution in [3.8, 4) is 0 Å². The van der Waals surface area contributed by atoms with E-state index in [0.717, 1.165) is 30.8 Å². The number of hydrogen-bond donors (Lipinski definition) is 1. The topological polar surface area (TPSA) is 29.9 Å². The highest BCUT2D eigenvalue weighted by Crippen LogP contribution is 2.08. The van der Waals surface area contributed by atoms with Gasteiger partial charge in [0.1, 0.15) is 5.82 Å². The first-order chi connectivity index (χ1) is 8.65. The van der Waals surface area contributed by atoms with Gasteiger partial charge in [0.15, 0.2) is 0 Å². The highest BCUT2D eigenvalue weighted by Gasteiger charge is 2.00. The molecule has 1 aromatic heterocycles. The van der Waals surface area contributed by atoms with Crippen LogP contribution in [0.4, 0.5) is 4.39 Å². The summed E-state index contributed by atoms with van der Waals surface area (Å²) in [5.74, 6) is -0.146. The van der Waals surface area contributed by atoms with Crippen molar-refractivity contribution in [3.63, 3.8) is 0 Å². The summed E-state index contributed by atoms with van der Waals surface area (Å²) >= 11 is 0. The van der Waals surface area contributed by atoms with Crippen molar-refractivity contribution in [2.24, 2.45) is 7.05 Å². The summed E-state index contributed by atoms with van der Waals surface area (Å²) in [5.41, 5.74) is 2.88. The Hall–Kier alpha value is -1.68. The summed E-state index contributed by atoms with van der Waals surface area (Å²) in [5, 5.41) is 7.64. The minimum atomic E-state index is -0.146. The summed E-state index contributed by atoms with van der Waals surface area (Å²) < 4.78 is 14.9. The molecule has 0 saturated carbocycles. The Morgan fingerprint density at radius 3 is 2.83 bits per heavy atom. The van der Waals surface area contributed by atoms with Gasteiger partial charge in [0, 0.05) is 32.8 Å². The van der Waals surface area contributed by atoms with Crippen LogP contribution in [-0.4, -0.2) is 16.3 Å². The monoisotopic (exact) mass is 247 g/mol. The molecule has 0 atom stereocenters. The van der Waals surface area contributed by atoms with Crippen molar-refractivity contribution in [1.82, 2.24) is 15.1 Å². The van der Waals surface area contributed by atoms with E-state index in [1.807, 2.05) is 31.4 Å². The molecule has 0 fully saturated rings. The van der Waals surface area contributed by atoms with Crippen LogP contribution in [0.2, 0.25) is 0 Å². The van der Waals surface area contributed by atoms with Gasteiger partial charge in [0.05, 0.1) is 5.69 Å². The second-order valence-corrected chi connectivity index (χ2v) is 4.49. The molecule has 0 radical (unpaired) electrons. The van der Waals surface area contributed by atoms with E-state index in [0.29, 0.717) is 5.56 Å². The molecule has 0 aliphatic carbocycles. The van der Waals surface area contributed by atoms with Crippen molar-refractivity contribution in [2.45, 2.75) is 19.9 Å². The van der Waals surface area contributed by atoms with Gasteiger partial charge in [-0.15, -0.1) is 0 Å². The van der Waals surface area contributed by atoms with E-state index < -0.39 is 0 Å². The third kappa shape index (κ3) is 3.40. The summed E-state index contributed by atoms with van der Waals surface area (Å²) in [6.45, 7) is 3.41. The molecule has 4 heteroatoms. The average molecular weight is 247 g/mol. The molecular weight excluding hydrogens is 229 g/mol. The van der Waals surface area contributed by atoms with Crippen LogP contribution in [0, 0.1) is 12.7 Å². The van der Waals surface area contributed by atoms with E-state index in [1.54, 1.807) is 11.6 Å². The Kier molecular flexibility index (Phi) is 4.10. The van der Waals surface area contributed by atoms with Gasteiger partial charge in [-0.25, -0.2) is 4.39 Å². The molecule has 0 aliphatic rings. The van der Waals surface area contributed by atoms with Crippen molar-refractivity contribution in [2.75, 3.05) is 6.54 Å². The molecular formula is C14H18FN3. The van der Waals surface area contributed by atoms with Gasteiger partial charge < -0.3 is 5.32 Å². The zero-order valence-electron chi connectivity index (χ0n) is 10.8. The van der Waals surface area contributed by atoms with Gasteiger partial charge in [-0.2, -0.15) is 5.10 Å². The van der Waals surface area contributed by atoms with Crippen LogP contribution < -0.4 is 5.32 Å². The first-order valence-corrected chi connectivity index (χ1v) is 6.09. The van der Waals surface area contributed by atoms with E-state index in [2.05, 4.69) is 10.4 Å². The van der Waals surface area contributed by atoms with Crippen LogP contribution in [0.5, 0.6) is 0 Å². The summed E-state index contributed by atoms with van der Waals surface area (Å²) in [6.07, 6.45) is 2.85. The number of benzene rings is 1. The summed E-state index contributed by atoms with van der Waals surface area (Å²) in [4.78, 5) is 0. The van der Waals surface area contributed by atoms with Gasteiger partial charge >= 0.3 is 0 Å². The Labute approximate surface area is 107 Å². The lowest BCUT2D eigenvalue weighted by atomic mass is 10.1. The molecule has 18 heavy (non-hydrogen) atoms. The second kappa shape index (κ2) is 5.78. The maximum Gasteiger partial charge on any atom is 0.126 e. The molecule has 3 nitrogen and oxygen atoms in total. The number of aryl methyl sites for hydroxylation is 2. The van der Waals surface area contributed by atoms with Crippen molar-refractivity contribution in [1.29, 1.82) is 0 Å². The Bertz CT molecular complexity index is 520. The highest BCUT2D eigenvalue weighted by molar-refractivity contribution is 5.23. The number of hydrogen-bond acceptors (Lipinski definition) is 2. The SMILES string of the molecule is Cc1cc(CNCCc2ccn(C)n2)ccc1F. The molecule has 0 saturated heterocycles. The smallest absolute Gasteiger partial charge is 0.126 e. The molecule has 1 N–H and O–H groups in total. The van der Waals surface area contributed by atoms with E-state index in [-0.39, 0.29) is 5.82 Å². The lowest BCUT2D eigenvalue weighted by Gasteiger charge is -2.05. The molecule has 0 spiro atoms. The van der Waals surface area contributed by atoms with Gasteiger partial charge in [0.25, 0.3) is 0 Å². The fourth-order valence-electron chi connectivity index (χ4n) is 1.86. The molecule has 2 rings (SSSR count). The second-order valence-electron chi connectivity index (χ2n) is 4.49. The number of nitrogens with one attached hydrogen (secondary N) is 1. The molecule has 0 bridgehead atoms. The van der Waals surface area contributed by atoms with Crippen LogP contribution in [0.25, 0.3) is 0 Å². The Morgan fingerprint density at radius 2 is 2.17 bits per heavy atom. The Morgan fingerprint density at radius 1 is 1.33 bits per heavy atom. The van der Waals surface area contributed by atoms with Gasteiger partial charge in [0.2, 0.25) is 0 Å². The largest absolute Gasteiger partial charge is 0.312 e. The zero-order chi connectivity index (χ0) is 13.0. The molecule has 0 aliphatic heterocycles. The molecule has 0 unspecified atom stereocenters. The number of rotatable bonds is 5. The number of nitrogens with zero attached hydrogens (tertiary/aromatic N) is 2. The van der Waals surface area contributed by atoms with Crippen LogP contribution in [0.1, 0.15) is 16.8 Å². The molecule has 96 valence electrons.